The van der Waals surface area contributed by atoms with E-state index in [1.165, 1.54) is 0 Å². The zero-order valence-corrected chi connectivity index (χ0v) is 9.31. The highest BCUT2D eigenvalue weighted by molar-refractivity contribution is 6.42. The molecule has 0 amide bonds. The van der Waals surface area contributed by atoms with Crippen molar-refractivity contribution in [3.05, 3.63) is 45.4 Å². The molecule has 1 nitrogen and oxygen atoms in total. The number of rotatable bonds is 0. The lowest BCUT2D eigenvalue weighted by atomic mass is 10.0. The molecule has 1 unspecified atom stereocenters. The lowest BCUT2D eigenvalue weighted by Crippen LogP contribution is -1.91. The van der Waals surface area contributed by atoms with Crippen LogP contribution >= 0.6 is 23.2 Å². The van der Waals surface area contributed by atoms with Gasteiger partial charge in [0.2, 0.25) is 0 Å². The molecule has 0 aliphatic heterocycles. The maximum atomic E-state index is 9.86. The van der Waals surface area contributed by atoms with Crippen molar-refractivity contribution in [3.63, 3.8) is 0 Å². The van der Waals surface area contributed by atoms with Crippen molar-refractivity contribution in [1.29, 1.82) is 0 Å². The maximum absolute atomic E-state index is 9.86. The van der Waals surface area contributed by atoms with Gasteiger partial charge >= 0.3 is 0 Å². The summed E-state index contributed by atoms with van der Waals surface area (Å²) < 4.78 is 0. The van der Waals surface area contributed by atoms with E-state index in [1.807, 2.05) is 18.2 Å². The first kappa shape index (κ1) is 9.46. The van der Waals surface area contributed by atoms with Crippen molar-refractivity contribution >= 4 is 34.0 Å². The smallest absolute Gasteiger partial charge is 0.0836 e. The van der Waals surface area contributed by atoms with Crippen LogP contribution in [0.1, 0.15) is 17.2 Å². The summed E-state index contributed by atoms with van der Waals surface area (Å²) in [4.78, 5) is 0. The van der Waals surface area contributed by atoms with Crippen molar-refractivity contribution in [2.24, 2.45) is 0 Å². The van der Waals surface area contributed by atoms with Crippen LogP contribution < -0.4 is 0 Å². The molecule has 2 aromatic carbocycles. The van der Waals surface area contributed by atoms with Crippen LogP contribution in [-0.4, -0.2) is 5.11 Å². The van der Waals surface area contributed by atoms with Gasteiger partial charge in [-0.15, -0.1) is 0 Å². The molecule has 0 saturated heterocycles. The first-order chi connectivity index (χ1) is 7.18. The van der Waals surface area contributed by atoms with E-state index in [9.17, 15) is 5.11 Å². The molecule has 0 spiro atoms. The second-order valence-electron chi connectivity index (χ2n) is 3.81. The third kappa shape index (κ3) is 1.21. The van der Waals surface area contributed by atoms with E-state index in [0.717, 1.165) is 21.9 Å². The van der Waals surface area contributed by atoms with Crippen molar-refractivity contribution in [2.45, 2.75) is 12.5 Å². The van der Waals surface area contributed by atoms with Crippen LogP contribution in [0.3, 0.4) is 0 Å². The highest BCUT2D eigenvalue weighted by Crippen LogP contribution is 2.42. The number of aliphatic hydroxyl groups is 1. The number of benzene rings is 2. The van der Waals surface area contributed by atoms with Gasteiger partial charge in [-0.25, -0.2) is 0 Å². The minimum atomic E-state index is -0.418. The Bertz CT molecular complexity index is 555. The summed E-state index contributed by atoms with van der Waals surface area (Å²) in [6, 6.07) is 7.47. The Hall–Kier alpha value is -0.760. The molecule has 0 saturated carbocycles. The third-order valence-corrected chi connectivity index (χ3v) is 3.58. The first-order valence-corrected chi connectivity index (χ1v) is 5.51. The molecule has 0 bridgehead atoms. The molecule has 15 heavy (non-hydrogen) atoms. The zero-order valence-electron chi connectivity index (χ0n) is 7.80. The quantitative estimate of drug-likeness (QED) is 0.742. The molecular weight excluding hydrogens is 231 g/mol. The van der Waals surface area contributed by atoms with Gasteiger partial charge in [-0.05, 0) is 28.6 Å². The highest BCUT2D eigenvalue weighted by atomic mass is 35.5. The normalized spacial score (nSPS) is 18.7. The molecule has 2 aromatic rings. The molecule has 3 heteroatoms. The minimum absolute atomic E-state index is 0.418. The van der Waals surface area contributed by atoms with E-state index >= 15 is 0 Å². The van der Waals surface area contributed by atoms with Gasteiger partial charge in [0.15, 0.2) is 0 Å². The third-order valence-electron chi connectivity index (χ3n) is 2.95. The molecule has 0 aromatic heterocycles. The lowest BCUT2D eigenvalue weighted by molar-refractivity contribution is 0.185. The molecule has 1 atom stereocenters. The molecule has 3 rings (SSSR count). The summed E-state index contributed by atoms with van der Waals surface area (Å²) in [5, 5.41) is 13.1. The van der Waals surface area contributed by atoms with Crippen LogP contribution in [0.4, 0.5) is 0 Å². The Labute approximate surface area is 97.2 Å². The SMILES string of the molecule is OC1Cc2ccc(Cl)c3c(Cl)ccc1c23. The zero-order chi connectivity index (χ0) is 10.6. The molecule has 0 fully saturated rings. The Kier molecular flexibility index (Phi) is 1.96. The first-order valence-electron chi connectivity index (χ1n) is 4.76. The predicted octanol–water partition coefficient (Wildman–Crippen LogP) is 3.74. The molecule has 0 radical (unpaired) electrons. The number of hydrogen-bond donors (Lipinski definition) is 1. The molecule has 1 N–H and O–H groups in total. The van der Waals surface area contributed by atoms with Crippen molar-refractivity contribution < 1.29 is 5.11 Å². The van der Waals surface area contributed by atoms with Crippen LogP contribution in [0.25, 0.3) is 10.8 Å². The van der Waals surface area contributed by atoms with E-state index < -0.39 is 6.10 Å². The van der Waals surface area contributed by atoms with Crippen LogP contribution in [0, 0.1) is 0 Å². The monoisotopic (exact) mass is 238 g/mol. The van der Waals surface area contributed by atoms with Crippen LogP contribution in [0.2, 0.25) is 10.0 Å². The molecule has 0 heterocycles. The van der Waals surface area contributed by atoms with Gasteiger partial charge in [-0.2, -0.15) is 0 Å². The van der Waals surface area contributed by atoms with Gasteiger partial charge in [0, 0.05) is 21.9 Å². The van der Waals surface area contributed by atoms with Gasteiger partial charge in [-0.3, -0.25) is 0 Å². The minimum Gasteiger partial charge on any atom is -0.388 e. The van der Waals surface area contributed by atoms with Crippen LogP contribution in [0.5, 0.6) is 0 Å². The fourth-order valence-electron chi connectivity index (χ4n) is 2.28. The van der Waals surface area contributed by atoms with Crippen LogP contribution in [-0.2, 0) is 6.42 Å². The summed E-state index contributed by atoms with van der Waals surface area (Å²) >= 11 is 12.2. The van der Waals surface area contributed by atoms with Crippen molar-refractivity contribution in [1.82, 2.24) is 0 Å². The Morgan fingerprint density at radius 1 is 1.00 bits per heavy atom. The van der Waals surface area contributed by atoms with E-state index in [-0.39, 0.29) is 0 Å². The standard InChI is InChI=1S/C12H8Cl2O/c13-8-3-1-6-5-10(15)7-2-4-9(14)12(8)11(6)7/h1-4,10,15H,5H2. The average molecular weight is 239 g/mol. The highest BCUT2D eigenvalue weighted by Gasteiger charge is 2.24. The van der Waals surface area contributed by atoms with Crippen molar-refractivity contribution in [2.75, 3.05) is 0 Å². The van der Waals surface area contributed by atoms with Crippen molar-refractivity contribution in [3.8, 4) is 0 Å². The summed E-state index contributed by atoms with van der Waals surface area (Å²) in [5.41, 5.74) is 2.06. The molecule has 76 valence electrons. The summed E-state index contributed by atoms with van der Waals surface area (Å²) in [6.45, 7) is 0. The Morgan fingerprint density at radius 3 is 2.40 bits per heavy atom. The topological polar surface area (TPSA) is 20.2 Å². The fraction of sp³-hybridized carbons (Fsp3) is 0.167. The average Bonchev–Trinajstić information content (AvgIpc) is 2.52. The Balaban J connectivity index is 2.55. The predicted molar refractivity (Wildman–Crippen MR) is 62.6 cm³/mol. The van der Waals surface area contributed by atoms with E-state index in [4.69, 9.17) is 23.2 Å². The van der Waals surface area contributed by atoms with Crippen LogP contribution in [0.15, 0.2) is 24.3 Å². The lowest BCUT2D eigenvalue weighted by Gasteiger charge is -2.06. The maximum Gasteiger partial charge on any atom is 0.0836 e. The number of halogens is 2. The van der Waals surface area contributed by atoms with E-state index in [2.05, 4.69) is 0 Å². The van der Waals surface area contributed by atoms with Gasteiger partial charge in [0.05, 0.1) is 6.10 Å². The molecule has 1 aliphatic carbocycles. The second-order valence-corrected chi connectivity index (χ2v) is 4.63. The fourth-order valence-corrected chi connectivity index (χ4v) is 2.85. The number of hydrogen-bond acceptors (Lipinski definition) is 1. The van der Waals surface area contributed by atoms with Gasteiger partial charge in [-0.1, -0.05) is 35.3 Å². The number of aliphatic hydroxyl groups excluding tert-OH is 1. The molecule has 1 aliphatic rings. The largest absolute Gasteiger partial charge is 0.388 e. The summed E-state index contributed by atoms with van der Waals surface area (Å²) in [6.07, 6.45) is 0.238. The van der Waals surface area contributed by atoms with Gasteiger partial charge in [0.25, 0.3) is 0 Å². The summed E-state index contributed by atoms with van der Waals surface area (Å²) in [5.74, 6) is 0. The molecular formula is C12H8Cl2O. The second kappa shape index (κ2) is 3.11. The van der Waals surface area contributed by atoms with E-state index in [0.29, 0.717) is 16.5 Å². The Morgan fingerprint density at radius 2 is 1.67 bits per heavy atom. The van der Waals surface area contributed by atoms with Gasteiger partial charge in [0.1, 0.15) is 0 Å². The summed E-state index contributed by atoms with van der Waals surface area (Å²) in [7, 11) is 0. The van der Waals surface area contributed by atoms with Gasteiger partial charge < -0.3 is 5.11 Å². The van der Waals surface area contributed by atoms with E-state index in [1.54, 1.807) is 6.07 Å².